The van der Waals surface area contributed by atoms with E-state index in [1.54, 1.807) is 6.07 Å². The highest BCUT2D eigenvalue weighted by Crippen LogP contribution is 2.25. The van der Waals surface area contributed by atoms with Crippen molar-refractivity contribution in [1.29, 1.82) is 5.26 Å². The second-order valence-electron chi connectivity index (χ2n) is 3.04. The zero-order valence-corrected chi connectivity index (χ0v) is 8.15. The molecule has 7 heteroatoms. The SMILES string of the molecule is N#CCC(O)C(O)c1ncccc1[N+](=O)[O-]. The van der Waals surface area contributed by atoms with Gasteiger partial charge in [-0.3, -0.25) is 15.1 Å². The molecule has 0 spiro atoms. The van der Waals surface area contributed by atoms with Crippen molar-refractivity contribution in [3.63, 3.8) is 0 Å². The Balaban J connectivity index is 3.04. The van der Waals surface area contributed by atoms with Gasteiger partial charge in [-0.25, -0.2) is 0 Å². The van der Waals surface area contributed by atoms with Gasteiger partial charge in [0.1, 0.15) is 11.8 Å². The topological polar surface area (TPSA) is 120 Å². The van der Waals surface area contributed by atoms with Crippen LogP contribution in [-0.4, -0.2) is 26.2 Å². The van der Waals surface area contributed by atoms with E-state index in [1.807, 2.05) is 0 Å². The molecule has 7 nitrogen and oxygen atoms in total. The molecule has 0 saturated carbocycles. The summed E-state index contributed by atoms with van der Waals surface area (Å²) < 4.78 is 0. The fraction of sp³-hybridized carbons (Fsp3) is 0.333. The van der Waals surface area contributed by atoms with Crippen LogP contribution >= 0.6 is 0 Å². The molecule has 0 saturated heterocycles. The lowest BCUT2D eigenvalue weighted by molar-refractivity contribution is -0.386. The summed E-state index contributed by atoms with van der Waals surface area (Å²) in [6.45, 7) is 0. The van der Waals surface area contributed by atoms with E-state index >= 15 is 0 Å². The van der Waals surface area contributed by atoms with Gasteiger partial charge in [0, 0.05) is 12.3 Å². The molecule has 0 fully saturated rings. The molecular weight excluding hydrogens is 214 g/mol. The van der Waals surface area contributed by atoms with E-state index in [2.05, 4.69) is 4.98 Å². The lowest BCUT2D eigenvalue weighted by atomic mass is 10.1. The molecule has 0 aromatic carbocycles. The third-order valence-electron chi connectivity index (χ3n) is 1.96. The summed E-state index contributed by atoms with van der Waals surface area (Å²) >= 11 is 0. The number of aliphatic hydroxyl groups is 2. The summed E-state index contributed by atoms with van der Waals surface area (Å²) in [5.41, 5.74) is -0.623. The summed E-state index contributed by atoms with van der Waals surface area (Å²) in [7, 11) is 0. The van der Waals surface area contributed by atoms with Crippen LogP contribution in [0, 0.1) is 21.4 Å². The maximum Gasteiger partial charge on any atom is 0.293 e. The first-order valence-corrected chi connectivity index (χ1v) is 4.40. The highest BCUT2D eigenvalue weighted by Gasteiger charge is 2.27. The van der Waals surface area contributed by atoms with Crippen LogP contribution in [0.15, 0.2) is 18.3 Å². The van der Waals surface area contributed by atoms with Crippen molar-refractivity contribution in [1.82, 2.24) is 4.98 Å². The Labute approximate surface area is 90.7 Å². The fourth-order valence-electron chi connectivity index (χ4n) is 1.18. The first kappa shape index (κ1) is 12.0. The minimum Gasteiger partial charge on any atom is -0.389 e. The summed E-state index contributed by atoms with van der Waals surface area (Å²) in [6, 6.07) is 4.18. The molecular formula is C9H9N3O4. The van der Waals surface area contributed by atoms with Gasteiger partial charge < -0.3 is 10.2 Å². The van der Waals surface area contributed by atoms with Crippen molar-refractivity contribution < 1.29 is 15.1 Å². The van der Waals surface area contributed by atoms with E-state index in [1.165, 1.54) is 18.3 Å². The predicted molar refractivity (Wildman–Crippen MR) is 52.1 cm³/mol. The Kier molecular flexibility index (Phi) is 3.88. The van der Waals surface area contributed by atoms with Crippen molar-refractivity contribution in [2.24, 2.45) is 0 Å². The highest BCUT2D eigenvalue weighted by molar-refractivity contribution is 5.36. The van der Waals surface area contributed by atoms with Gasteiger partial charge in [0.25, 0.3) is 5.69 Å². The molecule has 1 aromatic rings. The molecule has 0 aliphatic carbocycles. The Hall–Kier alpha value is -2.04. The molecule has 2 N–H and O–H groups in total. The van der Waals surface area contributed by atoms with Crippen LogP contribution < -0.4 is 0 Å². The third kappa shape index (κ3) is 2.50. The predicted octanol–water partition coefficient (Wildman–Crippen LogP) is 0.298. The zero-order chi connectivity index (χ0) is 12.1. The fourth-order valence-corrected chi connectivity index (χ4v) is 1.18. The number of aromatic nitrogens is 1. The standard InChI is InChI=1S/C9H9N3O4/c10-4-3-7(13)9(14)8-6(12(15)16)2-1-5-11-8/h1-2,5,7,9,13-14H,3H2. The van der Waals surface area contributed by atoms with E-state index in [0.717, 1.165) is 0 Å². The molecule has 1 heterocycles. The Morgan fingerprint density at radius 1 is 1.62 bits per heavy atom. The Morgan fingerprint density at radius 3 is 2.88 bits per heavy atom. The van der Waals surface area contributed by atoms with Gasteiger partial charge >= 0.3 is 0 Å². The Morgan fingerprint density at radius 2 is 2.31 bits per heavy atom. The van der Waals surface area contributed by atoms with Gasteiger partial charge in [0.15, 0.2) is 0 Å². The van der Waals surface area contributed by atoms with Gasteiger partial charge in [0.2, 0.25) is 0 Å². The Bertz CT molecular complexity index is 429. The summed E-state index contributed by atoms with van der Waals surface area (Å²) in [4.78, 5) is 13.6. The van der Waals surface area contributed by atoms with Crippen LogP contribution in [0.4, 0.5) is 5.69 Å². The number of nitriles is 1. The summed E-state index contributed by atoms with van der Waals surface area (Å²) in [5, 5.41) is 37.9. The van der Waals surface area contributed by atoms with Crippen LogP contribution in [0.25, 0.3) is 0 Å². The van der Waals surface area contributed by atoms with E-state index in [9.17, 15) is 20.3 Å². The monoisotopic (exact) mass is 223 g/mol. The first-order chi connectivity index (χ1) is 7.57. The lowest BCUT2D eigenvalue weighted by Gasteiger charge is -2.14. The number of pyridine rings is 1. The molecule has 1 rings (SSSR count). The minimum atomic E-state index is -1.54. The molecule has 0 amide bonds. The van der Waals surface area contributed by atoms with Crippen LogP contribution in [0.5, 0.6) is 0 Å². The molecule has 84 valence electrons. The van der Waals surface area contributed by atoms with E-state index < -0.39 is 17.1 Å². The minimum absolute atomic E-state index is 0.241. The average molecular weight is 223 g/mol. The molecule has 16 heavy (non-hydrogen) atoms. The van der Waals surface area contributed by atoms with Crippen LogP contribution in [-0.2, 0) is 0 Å². The van der Waals surface area contributed by atoms with Gasteiger partial charge in [-0.2, -0.15) is 5.26 Å². The molecule has 0 aliphatic heterocycles. The first-order valence-electron chi connectivity index (χ1n) is 4.40. The van der Waals surface area contributed by atoms with E-state index in [4.69, 9.17) is 5.26 Å². The molecule has 0 bridgehead atoms. The third-order valence-corrected chi connectivity index (χ3v) is 1.96. The second kappa shape index (κ2) is 5.16. The molecule has 1 aromatic heterocycles. The number of hydrogen-bond donors (Lipinski definition) is 2. The van der Waals surface area contributed by atoms with Crippen molar-refractivity contribution in [2.75, 3.05) is 0 Å². The maximum absolute atomic E-state index is 10.6. The van der Waals surface area contributed by atoms with E-state index in [-0.39, 0.29) is 17.8 Å². The van der Waals surface area contributed by atoms with Crippen molar-refractivity contribution >= 4 is 5.69 Å². The van der Waals surface area contributed by atoms with Crippen molar-refractivity contribution in [2.45, 2.75) is 18.6 Å². The number of aliphatic hydroxyl groups excluding tert-OH is 2. The zero-order valence-electron chi connectivity index (χ0n) is 8.15. The van der Waals surface area contributed by atoms with Crippen molar-refractivity contribution in [3.05, 3.63) is 34.1 Å². The average Bonchev–Trinajstić information content (AvgIpc) is 2.28. The van der Waals surface area contributed by atoms with Gasteiger partial charge in [-0.15, -0.1) is 0 Å². The smallest absolute Gasteiger partial charge is 0.293 e. The molecule has 0 aliphatic rings. The maximum atomic E-state index is 10.6. The lowest BCUT2D eigenvalue weighted by Crippen LogP contribution is -2.19. The van der Waals surface area contributed by atoms with Gasteiger partial charge in [0.05, 0.1) is 23.5 Å². The number of rotatable bonds is 4. The molecule has 2 unspecified atom stereocenters. The largest absolute Gasteiger partial charge is 0.389 e. The van der Waals surface area contributed by atoms with Crippen LogP contribution in [0.1, 0.15) is 18.2 Å². The summed E-state index contributed by atoms with van der Waals surface area (Å²) in [5.74, 6) is 0. The molecule has 0 radical (unpaired) electrons. The summed E-state index contributed by atoms with van der Waals surface area (Å²) in [6.07, 6.45) is -1.99. The highest BCUT2D eigenvalue weighted by atomic mass is 16.6. The van der Waals surface area contributed by atoms with E-state index in [0.29, 0.717) is 0 Å². The number of hydrogen-bond acceptors (Lipinski definition) is 6. The quantitative estimate of drug-likeness (QED) is 0.559. The van der Waals surface area contributed by atoms with Crippen LogP contribution in [0.2, 0.25) is 0 Å². The van der Waals surface area contributed by atoms with Gasteiger partial charge in [-0.1, -0.05) is 0 Å². The number of nitro groups is 1. The second-order valence-corrected chi connectivity index (χ2v) is 3.04. The van der Waals surface area contributed by atoms with Gasteiger partial charge in [-0.05, 0) is 6.07 Å². The number of nitrogens with zero attached hydrogens (tertiary/aromatic N) is 3. The molecule has 2 atom stereocenters. The van der Waals surface area contributed by atoms with Crippen LogP contribution in [0.3, 0.4) is 0 Å². The van der Waals surface area contributed by atoms with Crippen molar-refractivity contribution in [3.8, 4) is 6.07 Å². The normalized spacial score (nSPS) is 13.8.